The zero-order chi connectivity index (χ0) is 23.3. The topological polar surface area (TPSA) is 85.3 Å². The van der Waals surface area contributed by atoms with Gasteiger partial charge in [-0.2, -0.15) is 0 Å². The van der Waals surface area contributed by atoms with Crippen molar-refractivity contribution in [1.82, 2.24) is 4.90 Å². The van der Waals surface area contributed by atoms with Crippen LogP contribution in [0.15, 0.2) is 24.3 Å². The molecule has 0 radical (unpaired) electrons. The molecule has 180 valence electrons. The summed E-state index contributed by atoms with van der Waals surface area (Å²) in [4.78, 5) is 25.7. The molecule has 7 heteroatoms. The van der Waals surface area contributed by atoms with Crippen LogP contribution in [0.3, 0.4) is 0 Å². The van der Waals surface area contributed by atoms with E-state index in [-0.39, 0.29) is 12.2 Å². The lowest BCUT2D eigenvalue weighted by Crippen LogP contribution is -2.40. The van der Waals surface area contributed by atoms with Crippen molar-refractivity contribution in [2.45, 2.75) is 77.9 Å². The number of amides is 1. The molecule has 7 nitrogen and oxygen atoms in total. The Morgan fingerprint density at radius 2 is 1.81 bits per heavy atom. The highest BCUT2D eigenvalue weighted by atomic mass is 16.6. The molecule has 2 atom stereocenters. The number of carbonyl (C=O) groups excluding carboxylic acids is 1. The Hall–Kier alpha value is -2.28. The smallest absolute Gasteiger partial charge is 0.410 e. The number of hydrogen-bond donors (Lipinski definition) is 1. The van der Waals surface area contributed by atoms with E-state index in [1.165, 1.54) is 19.3 Å². The average molecular weight is 450 g/mol. The van der Waals surface area contributed by atoms with E-state index in [1.54, 1.807) is 11.8 Å². The maximum absolute atomic E-state index is 12.7. The van der Waals surface area contributed by atoms with E-state index in [2.05, 4.69) is 0 Å². The van der Waals surface area contributed by atoms with Crippen LogP contribution in [-0.4, -0.2) is 60.6 Å². The molecule has 1 N–H and O–H groups in total. The van der Waals surface area contributed by atoms with Crippen molar-refractivity contribution in [2.24, 2.45) is 5.92 Å². The van der Waals surface area contributed by atoms with Crippen molar-refractivity contribution in [3.63, 3.8) is 0 Å². The van der Waals surface area contributed by atoms with Gasteiger partial charge in [0.15, 0.2) is 6.10 Å². The first-order valence-electron chi connectivity index (χ1n) is 11.9. The molecule has 1 aliphatic carbocycles. The Labute approximate surface area is 192 Å². The molecule has 1 amide bonds. The summed E-state index contributed by atoms with van der Waals surface area (Å²) in [6.45, 7) is 7.61. The molecule has 2 rings (SSSR count). The van der Waals surface area contributed by atoms with E-state index in [0.29, 0.717) is 44.4 Å². The summed E-state index contributed by atoms with van der Waals surface area (Å²) in [5.41, 5.74) is 0.870. The van der Waals surface area contributed by atoms with Crippen LogP contribution in [0.1, 0.15) is 64.9 Å². The van der Waals surface area contributed by atoms with Gasteiger partial charge in [0.25, 0.3) is 0 Å². The molecule has 0 spiro atoms. The zero-order valence-electron chi connectivity index (χ0n) is 19.8. The molecule has 0 heterocycles. The minimum Gasteiger partial charge on any atom is -0.492 e. The van der Waals surface area contributed by atoms with Gasteiger partial charge in [0.2, 0.25) is 0 Å². The normalized spacial score (nSPS) is 16.2. The highest BCUT2D eigenvalue weighted by molar-refractivity contribution is 5.72. The van der Waals surface area contributed by atoms with Gasteiger partial charge in [-0.15, -0.1) is 0 Å². The van der Waals surface area contributed by atoms with Crippen molar-refractivity contribution >= 4 is 12.1 Å². The molecule has 1 aliphatic rings. The highest BCUT2D eigenvalue weighted by Crippen LogP contribution is 2.25. The van der Waals surface area contributed by atoms with Crippen molar-refractivity contribution in [3.05, 3.63) is 29.8 Å². The van der Waals surface area contributed by atoms with Crippen molar-refractivity contribution in [2.75, 3.05) is 26.3 Å². The summed E-state index contributed by atoms with van der Waals surface area (Å²) in [6, 6.07) is 7.34. The number of carboxylic acid groups (broad SMARTS) is 1. The molecule has 1 fully saturated rings. The summed E-state index contributed by atoms with van der Waals surface area (Å²) < 4.78 is 16.7. The van der Waals surface area contributed by atoms with Crippen LogP contribution in [0.25, 0.3) is 0 Å². The first-order chi connectivity index (χ1) is 15.4. The Morgan fingerprint density at radius 1 is 1.12 bits per heavy atom. The summed E-state index contributed by atoms with van der Waals surface area (Å²) in [5.74, 6) is 0.250. The van der Waals surface area contributed by atoms with Crippen LogP contribution in [0.2, 0.25) is 0 Å². The summed E-state index contributed by atoms with van der Waals surface area (Å²) in [7, 11) is 0. The SMILES string of the molecule is CCOC(Cc1ccc(OCCN(CC2CCCCC2)C(=O)OC(C)CC)cc1)C(=O)O. The third kappa shape index (κ3) is 9.07. The van der Waals surface area contributed by atoms with Gasteiger partial charge < -0.3 is 24.2 Å². The van der Waals surface area contributed by atoms with Gasteiger partial charge in [-0.05, 0) is 56.7 Å². The van der Waals surface area contributed by atoms with Crippen molar-refractivity contribution < 1.29 is 28.9 Å². The van der Waals surface area contributed by atoms with Gasteiger partial charge in [-0.3, -0.25) is 0 Å². The number of rotatable bonds is 13. The third-order valence-corrected chi connectivity index (χ3v) is 5.96. The molecular formula is C25H39NO6. The predicted molar refractivity (Wildman–Crippen MR) is 123 cm³/mol. The van der Waals surface area contributed by atoms with E-state index in [4.69, 9.17) is 14.2 Å². The van der Waals surface area contributed by atoms with E-state index in [1.807, 2.05) is 38.1 Å². The number of carbonyl (C=O) groups is 2. The maximum atomic E-state index is 12.7. The summed E-state index contributed by atoms with van der Waals surface area (Å²) >= 11 is 0. The van der Waals surface area contributed by atoms with E-state index >= 15 is 0 Å². The second-order valence-electron chi connectivity index (χ2n) is 8.53. The van der Waals surface area contributed by atoms with Crippen LogP contribution >= 0.6 is 0 Å². The Kier molecular flexibility index (Phi) is 11.4. The lowest BCUT2D eigenvalue weighted by atomic mass is 9.89. The van der Waals surface area contributed by atoms with Gasteiger partial charge in [-0.1, -0.05) is 38.3 Å². The molecule has 0 saturated heterocycles. The largest absolute Gasteiger partial charge is 0.492 e. The predicted octanol–water partition coefficient (Wildman–Crippen LogP) is 4.92. The van der Waals surface area contributed by atoms with Gasteiger partial charge in [0, 0.05) is 19.6 Å². The van der Waals surface area contributed by atoms with E-state index in [0.717, 1.165) is 24.8 Å². The Bertz CT molecular complexity index is 686. The maximum Gasteiger partial charge on any atom is 0.410 e. The summed E-state index contributed by atoms with van der Waals surface area (Å²) in [5, 5.41) is 9.23. The van der Waals surface area contributed by atoms with E-state index in [9.17, 15) is 14.7 Å². The van der Waals surface area contributed by atoms with Crippen LogP contribution in [0, 0.1) is 5.92 Å². The molecule has 1 saturated carbocycles. The first kappa shape index (κ1) is 26.0. The summed E-state index contributed by atoms with van der Waals surface area (Å²) in [6.07, 6.45) is 5.94. The van der Waals surface area contributed by atoms with Gasteiger partial charge >= 0.3 is 12.1 Å². The lowest BCUT2D eigenvalue weighted by Gasteiger charge is -2.30. The van der Waals surface area contributed by atoms with Crippen LogP contribution < -0.4 is 4.74 Å². The fourth-order valence-electron chi connectivity index (χ4n) is 3.90. The van der Waals surface area contributed by atoms with Crippen molar-refractivity contribution in [1.29, 1.82) is 0 Å². The number of benzene rings is 1. The second-order valence-corrected chi connectivity index (χ2v) is 8.53. The fraction of sp³-hybridized carbons (Fsp3) is 0.680. The monoisotopic (exact) mass is 449 g/mol. The standard InChI is InChI=1S/C25H39NO6/c1-4-19(3)32-25(29)26(18-21-9-7-6-8-10-21)15-16-31-22-13-11-20(12-14-22)17-23(24(27)28)30-5-2/h11-14,19,21,23H,4-10,15-18H2,1-3H3,(H,27,28). The molecule has 0 aliphatic heterocycles. The van der Waals surface area contributed by atoms with Crippen LogP contribution in [0.5, 0.6) is 5.75 Å². The Balaban J connectivity index is 1.88. The minimum atomic E-state index is -0.963. The van der Waals surface area contributed by atoms with Gasteiger partial charge in [-0.25, -0.2) is 9.59 Å². The molecule has 2 unspecified atom stereocenters. The quantitative estimate of drug-likeness (QED) is 0.460. The average Bonchev–Trinajstić information content (AvgIpc) is 2.79. The Morgan fingerprint density at radius 3 is 2.41 bits per heavy atom. The van der Waals surface area contributed by atoms with Crippen LogP contribution in [0.4, 0.5) is 4.79 Å². The minimum absolute atomic E-state index is 0.101. The fourth-order valence-corrected chi connectivity index (χ4v) is 3.90. The number of aliphatic carboxylic acids is 1. The number of nitrogens with zero attached hydrogens (tertiary/aromatic N) is 1. The van der Waals surface area contributed by atoms with E-state index < -0.39 is 12.1 Å². The number of hydrogen-bond acceptors (Lipinski definition) is 5. The first-order valence-corrected chi connectivity index (χ1v) is 11.9. The van der Waals surface area contributed by atoms with Gasteiger partial charge in [0.1, 0.15) is 18.5 Å². The number of ether oxygens (including phenoxy) is 3. The molecule has 1 aromatic carbocycles. The van der Waals surface area contributed by atoms with Crippen molar-refractivity contribution in [3.8, 4) is 5.75 Å². The van der Waals surface area contributed by atoms with Crippen LogP contribution in [-0.2, 0) is 20.7 Å². The molecule has 0 bridgehead atoms. The number of carboxylic acids is 1. The second kappa shape index (κ2) is 14.0. The molecule has 1 aromatic rings. The highest BCUT2D eigenvalue weighted by Gasteiger charge is 2.23. The molecule has 0 aromatic heterocycles. The molecule has 32 heavy (non-hydrogen) atoms. The zero-order valence-corrected chi connectivity index (χ0v) is 19.8. The molecular weight excluding hydrogens is 410 g/mol. The lowest BCUT2D eigenvalue weighted by molar-refractivity contribution is -0.149. The van der Waals surface area contributed by atoms with Gasteiger partial charge in [0.05, 0.1) is 6.54 Å². The third-order valence-electron chi connectivity index (χ3n) is 5.96.